The molecule has 0 saturated heterocycles. The number of ether oxygens (including phenoxy) is 1. The molecule has 0 aliphatic carbocycles. The van der Waals surface area contributed by atoms with E-state index in [1.54, 1.807) is 7.11 Å². The number of methoxy groups -OCH3 is 1. The summed E-state index contributed by atoms with van der Waals surface area (Å²) >= 11 is 0. The van der Waals surface area contributed by atoms with Crippen molar-refractivity contribution in [2.24, 2.45) is 0 Å². The molecule has 1 aromatic carbocycles. The Morgan fingerprint density at radius 3 is 2.29 bits per heavy atom. The highest BCUT2D eigenvalue weighted by Gasteiger charge is 2.16. The third-order valence-corrected chi connectivity index (χ3v) is 6.06. The molecule has 3 heteroatoms. The van der Waals surface area contributed by atoms with Gasteiger partial charge in [-0.15, -0.1) is 0 Å². The van der Waals surface area contributed by atoms with E-state index in [9.17, 15) is 0 Å². The summed E-state index contributed by atoms with van der Waals surface area (Å²) in [6.07, 6.45) is 14.6. The van der Waals surface area contributed by atoms with Crippen molar-refractivity contribution in [2.75, 3.05) is 44.7 Å². The van der Waals surface area contributed by atoms with Crippen LogP contribution in [-0.2, 0) is 6.42 Å². The number of anilines is 1. The van der Waals surface area contributed by atoms with Gasteiger partial charge in [0, 0.05) is 18.8 Å². The van der Waals surface area contributed by atoms with Crippen molar-refractivity contribution >= 4 is 5.69 Å². The highest BCUT2D eigenvalue weighted by molar-refractivity contribution is 5.58. The first-order chi connectivity index (χ1) is 13.8. The fourth-order valence-corrected chi connectivity index (χ4v) is 4.28. The second-order valence-electron chi connectivity index (χ2n) is 8.40. The van der Waals surface area contributed by atoms with Gasteiger partial charge in [-0.05, 0) is 81.9 Å². The van der Waals surface area contributed by atoms with Crippen molar-refractivity contribution < 1.29 is 4.74 Å². The minimum absolute atomic E-state index is 0.993. The Kier molecular flexibility index (Phi) is 11.4. The molecule has 0 saturated carbocycles. The Balaban J connectivity index is 1.60. The molecule has 2 rings (SSSR count). The van der Waals surface area contributed by atoms with Gasteiger partial charge in [-0.1, -0.05) is 46.0 Å². The SMILES string of the molecule is CCCCN(CCCC)CCCCCCCN1CCCc2cc(OC)ccc21. The number of hydrogen-bond acceptors (Lipinski definition) is 3. The number of fused-ring (bicyclic) bond motifs is 1. The maximum atomic E-state index is 5.39. The normalized spacial score (nSPS) is 13.8. The zero-order valence-electron chi connectivity index (χ0n) is 18.8. The smallest absolute Gasteiger partial charge is 0.119 e. The molecule has 0 bridgehead atoms. The molecule has 3 nitrogen and oxygen atoms in total. The molecule has 0 radical (unpaired) electrons. The Bertz CT molecular complexity index is 523. The van der Waals surface area contributed by atoms with Gasteiger partial charge in [0.05, 0.1) is 7.11 Å². The van der Waals surface area contributed by atoms with Crippen LogP contribution in [0.4, 0.5) is 5.69 Å². The first kappa shape index (κ1) is 23.1. The molecular weight excluding hydrogens is 344 g/mol. The van der Waals surface area contributed by atoms with Crippen LogP contribution in [0.3, 0.4) is 0 Å². The fraction of sp³-hybridized carbons (Fsp3) is 0.760. The Morgan fingerprint density at radius 1 is 0.893 bits per heavy atom. The average Bonchev–Trinajstić information content (AvgIpc) is 2.73. The quantitative estimate of drug-likeness (QED) is 0.328. The van der Waals surface area contributed by atoms with E-state index >= 15 is 0 Å². The van der Waals surface area contributed by atoms with E-state index in [1.807, 2.05) is 0 Å². The Labute approximate surface area is 174 Å². The summed E-state index contributed by atoms with van der Waals surface area (Å²) in [6, 6.07) is 6.60. The lowest BCUT2D eigenvalue weighted by Gasteiger charge is -2.31. The highest BCUT2D eigenvalue weighted by atomic mass is 16.5. The van der Waals surface area contributed by atoms with Gasteiger partial charge in [-0.25, -0.2) is 0 Å². The molecule has 0 fully saturated rings. The summed E-state index contributed by atoms with van der Waals surface area (Å²) in [7, 11) is 1.76. The van der Waals surface area contributed by atoms with Crippen LogP contribution < -0.4 is 9.64 Å². The van der Waals surface area contributed by atoms with Gasteiger partial charge in [0.15, 0.2) is 0 Å². The summed E-state index contributed by atoms with van der Waals surface area (Å²) < 4.78 is 5.39. The highest BCUT2D eigenvalue weighted by Crippen LogP contribution is 2.30. The summed E-state index contributed by atoms with van der Waals surface area (Å²) in [6.45, 7) is 10.9. The predicted molar refractivity (Wildman–Crippen MR) is 123 cm³/mol. The summed E-state index contributed by atoms with van der Waals surface area (Å²) in [5.41, 5.74) is 2.90. The number of unbranched alkanes of at least 4 members (excludes halogenated alkanes) is 6. The van der Waals surface area contributed by atoms with Crippen molar-refractivity contribution in [3.63, 3.8) is 0 Å². The Morgan fingerprint density at radius 2 is 1.57 bits per heavy atom. The van der Waals surface area contributed by atoms with Crippen molar-refractivity contribution in [2.45, 2.75) is 84.5 Å². The van der Waals surface area contributed by atoms with Gasteiger partial charge in [-0.3, -0.25) is 0 Å². The lowest BCUT2D eigenvalue weighted by Crippen LogP contribution is -2.30. The molecule has 1 aliphatic heterocycles. The number of aryl methyl sites for hydroxylation is 1. The first-order valence-corrected chi connectivity index (χ1v) is 11.9. The second-order valence-corrected chi connectivity index (χ2v) is 8.40. The zero-order valence-corrected chi connectivity index (χ0v) is 18.8. The molecular formula is C25H44N2O. The molecule has 0 N–H and O–H groups in total. The van der Waals surface area contributed by atoms with E-state index in [1.165, 1.54) is 115 Å². The van der Waals surface area contributed by atoms with Gasteiger partial charge >= 0.3 is 0 Å². The van der Waals surface area contributed by atoms with Gasteiger partial charge in [0.25, 0.3) is 0 Å². The number of rotatable bonds is 15. The average molecular weight is 389 g/mol. The lowest BCUT2D eigenvalue weighted by molar-refractivity contribution is 0.259. The molecule has 0 unspecified atom stereocenters. The maximum absolute atomic E-state index is 5.39. The van der Waals surface area contributed by atoms with E-state index in [0.29, 0.717) is 0 Å². The van der Waals surface area contributed by atoms with Gasteiger partial charge in [0.2, 0.25) is 0 Å². The molecule has 0 amide bonds. The first-order valence-electron chi connectivity index (χ1n) is 11.9. The molecule has 1 aromatic rings. The molecule has 0 atom stereocenters. The maximum Gasteiger partial charge on any atom is 0.119 e. The lowest BCUT2D eigenvalue weighted by atomic mass is 10.0. The molecule has 0 spiro atoms. The van der Waals surface area contributed by atoms with Gasteiger partial charge in [-0.2, -0.15) is 0 Å². The van der Waals surface area contributed by atoms with Gasteiger partial charge in [0.1, 0.15) is 5.75 Å². The van der Waals surface area contributed by atoms with Crippen LogP contribution in [0.15, 0.2) is 18.2 Å². The molecule has 160 valence electrons. The third-order valence-electron chi connectivity index (χ3n) is 6.06. The molecule has 1 aliphatic rings. The number of nitrogens with zero attached hydrogens (tertiary/aromatic N) is 2. The standard InChI is InChI=1S/C25H44N2O/c1-4-6-17-26(18-7-5-2)19-11-9-8-10-12-20-27-21-13-14-23-22-24(28-3)15-16-25(23)27/h15-16,22H,4-14,17-21H2,1-3H3. The number of benzene rings is 1. The largest absolute Gasteiger partial charge is 0.497 e. The van der Waals surface area contributed by atoms with E-state index in [0.717, 1.165) is 5.75 Å². The zero-order chi connectivity index (χ0) is 20.0. The minimum atomic E-state index is 0.993. The minimum Gasteiger partial charge on any atom is -0.497 e. The van der Waals surface area contributed by atoms with Crippen LogP contribution in [0.1, 0.15) is 83.6 Å². The summed E-state index contributed by atoms with van der Waals surface area (Å²) in [5.74, 6) is 0.993. The molecule has 28 heavy (non-hydrogen) atoms. The van der Waals surface area contributed by atoms with Crippen molar-refractivity contribution in [1.29, 1.82) is 0 Å². The third kappa shape index (κ3) is 8.03. The summed E-state index contributed by atoms with van der Waals surface area (Å²) in [4.78, 5) is 5.29. The fourth-order valence-electron chi connectivity index (χ4n) is 4.28. The monoisotopic (exact) mass is 388 g/mol. The van der Waals surface area contributed by atoms with E-state index < -0.39 is 0 Å². The van der Waals surface area contributed by atoms with Crippen molar-refractivity contribution in [1.82, 2.24) is 4.90 Å². The van der Waals surface area contributed by atoms with Crippen LogP contribution in [0.2, 0.25) is 0 Å². The van der Waals surface area contributed by atoms with Crippen LogP contribution in [-0.4, -0.2) is 44.7 Å². The van der Waals surface area contributed by atoms with Crippen LogP contribution in [0.25, 0.3) is 0 Å². The predicted octanol–water partition coefficient (Wildman–Crippen LogP) is 6.30. The molecule has 1 heterocycles. The number of hydrogen-bond donors (Lipinski definition) is 0. The summed E-state index contributed by atoms with van der Waals surface area (Å²) in [5, 5.41) is 0. The Hall–Kier alpha value is -1.22. The van der Waals surface area contributed by atoms with Gasteiger partial charge < -0.3 is 14.5 Å². The van der Waals surface area contributed by atoms with Crippen LogP contribution >= 0.6 is 0 Å². The van der Waals surface area contributed by atoms with E-state index in [2.05, 4.69) is 41.8 Å². The van der Waals surface area contributed by atoms with E-state index in [4.69, 9.17) is 4.74 Å². The second kappa shape index (κ2) is 13.9. The molecule has 0 aromatic heterocycles. The topological polar surface area (TPSA) is 15.7 Å². The van der Waals surface area contributed by atoms with E-state index in [-0.39, 0.29) is 0 Å². The van der Waals surface area contributed by atoms with Crippen molar-refractivity contribution in [3.05, 3.63) is 23.8 Å². The van der Waals surface area contributed by atoms with Crippen LogP contribution in [0, 0.1) is 0 Å². The van der Waals surface area contributed by atoms with Crippen molar-refractivity contribution in [3.8, 4) is 5.75 Å². The van der Waals surface area contributed by atoms with Crippen LogP contribution in [0.5, 0.6) is 5.75 Å².